The van der Waals surface area contributed by atoms with Gasteiger partial charge < -0.3 is 69.7 Å². The molecule has 2 amide bonds. The zero-order valence-electron chi connectivity index (χ0n) is 33.6. The Bertz CT molecular complexity index is 1290. The number of amides is 2. The Hall–Kier alpha value is -2.36. The molecule has 8 N–H and O–H groups in total. The fourth-order valence-corrected chi connectivity index (χ4v) is 8.60. The third kappa shape index (κ3) is 13.1. The van der Waals surface area contributed by atoms with E-state index in [1.165, 1.54) is 21.0 Å². The SMILES string of the molecule is CCC1CC(C(=O)CCCNC(=O)CCOC)C[C@@H](O[C@@H]2OC(CO)[C@H](O)C(O[C@@H](CC3CCCCC3)C(=O)O)C2NC(C)=O)[C@@H]1OC1O[C@@H](C)[C@H](O)C(O)[C@@H]1O. The first kappa shape index (κ1) is 47.3. The number of ether oxygens (including phenoxy) is 6. The lowest BCUT2D eigenvalue weighted by Gasteiger charge is -2.49. The Morgan fingerprint density at radius 2 is 1.60 bits per heavy atom. The van der Waals surface area contributed by atoms with E-state index in [1.807, 2.05) is 6.92 Å². The minimum Gasteiger partial charge on any atom is -0.479 e. The van der Waals surface area contributed by atoms with Crippen LogP contribution in [0.2, 0.25) is 0 Å². The van der Waals surface area contributed by atoms with E-state index >= 15 is 0 Å². The van der Waals surface area contributed by atoms with Crippen LogP contribution in [-0.4, -0.2) is 161 Å². The first-order valence-electron chi connectivity index (χ1n) is 20.6. The maximum absolute atomic E-state index is 13.8. The number of carboxylic acid groups (broad SMARTS) is 1. The number of hydrogen-bond donors (Lipinski definition) is 8. The molecule has 7 unspecified atom stereocenters. The highest BCUT2D eigenvalue weighted by Gasteiger charge is 2.52. The van der Waals surface area contributed by atoms with Crippen molar-refractivity contribution < 1.29 is 78.2 Å². The maximum Gasteiger partial charge on any atom is 0.332 e. The molecule has 0 aromatic heterocycles. The highest BCUT2D eigenvalue weighted by Crippen LogP contribution is 2.40. The Morgan fingerprint density at radius 1 is 0.877 bits per heavy atom. The van der Waals surface area contributed by atoms with Crippen LogP contribution >= 0.6 is 0 Å². The fourth-order valence-electron chi connectivity index (χ4n) is 8.60. The van der Waals surface area contributed by atoms with Crippen LogP contribution in [0.25, 0.3) is 0 Å². The molecule has 18 nitrogen and oxygen atoms in total. The van der Waals surface area contributed by atoms with E-state index in [1.54, 1.807) is 0 Å². The number of nitrogens with one attached hydrogen (secondary N) is 2. The quantitative estimate of drug-likeness (QED) is 0.0747. The van der Waals surface area contributed by atoms with Crippen molar-refractivity contribution in [3.63, 3.8) is 0 Å². The van der Waals surface area contributed by atoms with Crippen molar-refractivity contribution in [1.82, 2.24) is 10.6 Å². The molecule has 4 rings (SSSR count). The van der Waals surface area contributed by atoms with Crippen LogP contribution in [0, 0.1) is 17.8 Å². The van der Waals surface area contributed by atoms with Gasteiger partial charge in [-0.05, 0) is 44.4 Å². The average Bonchev–Trinajstić information content (AvgIpc) is 3.19. The summed E-state index contributed by atoms with van der Waals surface area (Å²) in [5, 5.41) is 69.3. The monoisotopic (exact) mass is 818 g/mol. The predicted molar refractivity (Wildman–Crippen MR) is 199 cm³/mol. The van der Waals surface area contributed by atoms with Gasteiger partial charge in [0.25, 0.3) is 0 Å². The molecule has 57 heavy (non-hydrogen) atoms. The van der Waals surface area contributed by atoms with Gasteiger partial charge in [-0.15, -0.1) is 0 Å². The topological polar surface area (TPSA) is 269 Å². The van der Waals surface area contributed by atoms with Crippen LogP contribution in [0.3, 0.4) is 0 Å². The molecule has 2 saturated heterocycles. The molecule has 2 saturated carbocycles. The number of aliphatic carboxylic acids is 1. The van der Waals surface area contributed by atoms with Crippen LogP contribution in [0.4, 0.5) is 0 Å². The third-order valence-electron chi connectivity index (χ3n) is 11.9. The molecule has 15 atom stereocenters. The minimum absolute atomic E-state index is 0.0632. The molecular weight excluding hydrogens is 752 g/mol. The average molecular weight is 819 g/mol. The summed E-state index contributed by atoms with van der Waals surface area (Å²) in [6.45, 7) is 4.48. The summed E-state index contributed by atoms with van der Waals surface area (Å²) < 4.78 is 36.0. The lowest BCUT2D eigenvalue weighted by molar-refractivity contribution is -0.338. The third-order valence-corrected chi connectivity index (χ3v) is 11.9. The van der Waals surface area contributed by atoms with Gasteiger partial charge in [0, 0.05) is 39.3 Å². The van der Waals surface area contributed by atoms with Gasteiger partial charge in [0.1, 0.15) is 48.4 Å². The zero-order valence-corrected chi connectivity index (χ0v) is 33.6. The number of aliphatic hydroxyl groups excluding tert-OH is 5. The van der Waals surface area contributed by atoms with Gasteiger partial charge in [0.05, 0.1) is 31.5 Å². The lowest BCUT2D eigenvalue weighted by Crippen LogP contribution is -2.67. The summed E-state index contributed by atoms with van der Waals surface area (Å²) in [6.07, 6.45) is -9.51. The summed E-state index contributed by atoms with van der Waals surface area (Å²) in [7, 11) is 1.50. The molecular formula is C39H66N2O16. The molecule has 0 spiro atoms. The standard InChI is InChI=1S/C39H66N2O16/c1-5-23-17-24(25(44)12-9-14-40-29(45)13-15-52-4)18-26(35(23)57-39-34(49)33(48)31(46)20(2)53-39)55-38-30(41-21(3)43)36(32(47)28(19-42)56-38)54-27(37(50)51)16-22-10-7-6-8-11-22/h20,22-24,26-28,30-36,38-39,42,46-49H,5-19H2,1-4H3,(H,40,45)(H,41,43)(H,50,51)/t20-,23?,24?,26+,27-,28?,30?,31-,32-,33?,34-,35+,36?,38+,39?/m0/s1. The van der Waals surface area contributed by atoms with E-state index < -0.39 is 104 Å². The molecule has 0 aromatic rings. The summed E-state index contributed by atoms with van der Waals surface area (Å²) in [4.78, 5) is 51.0. The summed E-state index contributed by atoms with van der Waals surface area (Å²) in [5.74, 6) is -2.95. The summed E-state index contributed by atoms with van der Waals surface area (Å²) in [5.41, 5.74) is 0. The molecule has 328 valence electrons. The van der Waals surface area contributed by atoms with Gasteiger partial charge in [-0.1, -0.05) is 45.4 Å². The van der Waals surface area contributed by atoms with E-state index in [-0.39, 0.29) is 62.4 Å². The Labute approximate surface area is 334 Å². The number of ketones is 1. The lowest BCUT2D eigenvalue weighted by atomic mass is 9.74. The number of Topliss-reactive ketones (excluding diaryl/α,β-unsaturated/α-hetero) is 1. The number of carbonyl (C=O) groups excluding carboxylic acids is 3. The Kier molecular flexibility index (Phi) is 19.0. The molecule has 0 radical (unpaired) electrons. The molecule has 4 aliphatic rings. The number of carbonyl (C=O) groups is 4. The van der Waals surface area contributed by atoms with Crippen molar-refractivity contribution in [2.24, 2.45) is 17.8 Å². The van der Waals surface area contributed by atoms with E-state index in [9.17, 15) is 49.8 Å². The van der Waals surface area contributed by atoms with Gasteiger partial charge in [0.15, 0.2) is 18.7 Å². The molecule has 18 heteroatoms. The number of hydrogen-bond acceptors (Lipinski definition) is 15. The van der Waals surface area contributed by atoms with Gasteiger partial charge >= 0.3 is 5.97 Å². The largest absolute Gasteiger partial charge is 0.479 e. The molecule has 0 bridgehead atoms. The van der Waals surface area contributed by atoms with Gasteiger partial charge in [-0.25, -0.2) is 4.79 Å². The van der Waals surface area contributed by atoms with Crippen molar-refractivity contribution in [2.45, 2.75) is 177 Å². The number of rotatable bonds is 20. The van der Waals surface area contributed by atoms with Crippen molar-refractivity contribution in [3.8, 4) is 0 Å². The second-order valence-electron chi connectivity index (χ2n) is 16.1. The smallest absolute Gasteiger partial charge is 0.332 e. The Morgan fingerprint density at radius 3 is 2.23 bits per heavy atom. The van der Waals surface area contributed by atoms with E-state index in [4.69, 9.17) is 28.4 Å². The van der Waals surface area contributed by atoms with Crippen molar-refractivity contribution in [3.05, 3.63) is 0 Å². The van der Waals surface area contributed by atoms with Crippen LogP contribution in [0.15, 0.2) is 0 Å². The first-order chi connectivity index (χ1) is 27.2. The number of aliphatic hydroxyl groups is 5. The van der Waals surface area contributed by atoms with Crippen molar-refractivity contribution in [1.29, 1.82) is 0 Å². The second kappa shape index (κ2) is 22.9. The fraction of sp³-hybridized carbons (Fsp3) is 0.897. The van der Waals surface area contributed by atoms with Crippen LogP contribution in [0.1, 0.15) is 97.8 Å². The van der Waals surface area contributed by atoms with E-state index in [0.717, 1.165) is 32.1 Å². The predicted octanol–water partition coefficient (Wildman–Crippen LogP) is -0.0859. The normalized spacial score (nSPS) is 36.9. The number of methoxy groups -OCH3 is 1. The first-order valence-corrected chi connectivity index (χ1v) is 20.6. The van der Waals surface area contributed by atoms with Gasteiger partial charge in [-0.2, -0.15) is 0 Å². The maximum atomic E-state index is 13.8. The Balaban J connectivity index is 1.62. The molecule has 2 heterocycles. The van der Waals surface area contributed by atoms with E-state index in [0.29, 0.717) is 19.3 Å². The minimum atomic E-state index is -1.64. The molecule has 4 fully saturated rings. The van der Waals surface area contributed by atoms with Crippen LogP contribution in [-0.2, 0) is 47.6 Å². The summed E-state index contributed by atoms with van der Waals surface area (Å²) in [6, 6.07) is -1.29. The molecule has 2 aliphatic carbocycles. The second-order valence-corrected chi connectivity index (χ2v) is 16.1. The molecule has 0 aromatic carbocycles. The van der Waals surface area contributed by atoms with Gasteiger partial charge in [-0.3, -0.25) is 14.4 Å². The highest BCUT2D eigenvalue weighted by molar-refractivity contribution is 5.81. The summed E-state index contributed by atoms with van der Waals surface area (Å²) >= 11 is 0. The van der Waals surface area contributed by atoms with Crippen LogP contribution < -0.4 is 10.6 Å². The van der Waals surface area contributed by atoms with Crippen molar-refractivity contribution in [2.75, 3.05) is 26.9 Å². The van der Waals surface area contributed by atoms with Crippen LogP contribution in [0.5, 0.6) is 0 Å². The highest BCUT2D eigenvalue weighted by atomic mass is 16.7. The van der Waals surface area contributed by atoms with E-state index in [2.05, 4.69) is 10.6 Å². The van der Waals surface area contributed by atoms with Crippen molar-refractivity contribution >= 4 is 23.6 Å². The number of carboxylic acids is 1. The van der Waals surface area contributed by atoms with Gasteiger partial charge in [0.2, 0.25) is 11.8 Å². The zero-order chi connectivity index (χ0) is 41.8. The molecule has 2 aliphatic heterocycles.